The molecule has 12 N–H and O–H groups in total. The molecule has 0 amide bonds. The van der Waals surface area contributed by atoms with Gasteiger partial charge in [0.1, 0.15) is 0 Å². The number of hydrogen-bond acceptors (Lipinski definition) is 18. The van der Waals surface area contributed by atoms with Crippen molar-refractivity contribution in [3.8, 4) is 0 Å². The number of anilines is 6. The number of halogens is 5. The molecule has 0 fully saturated rings. The quantitative estimate of drug-likeness (QED) is 0.0160. The molecule has 0 aromatic heterocycles. The third-order valence-electron chi connectivity index (χ3n) is 18.4. The van der Waals surface area contributed by atoms with Gasteiger partial charge in [-0.25, -0.2) is 0 Å². The van der Waals surface area contributed by atoms with Gasteiger partial charge in [-0.1, -0.05) is 143 Å². The smallest absolute Gasteiger partial charge is 0.0606 e. The maximum atomic E-state index is 9.45. The minimum atomic E-state index is -0.293. The zero-order valence-corrected chi connectivity index (χ0v) is 63.9. The van der Waals surface area contributed by atoms with E-state index >= 15 is 0 Å². The lowest BCUT2D eigenvalue weighted by Gasteiger charge is -2.28. The molecule has 0 bridgehead atoms. The van der Waals surface area contributed by atoms with E-state index in [9.17, 15) is 61.3 Å². The van der Waals surface area contributed by atoms with Crippen molar-refractivity contribution in [2.24, 2.45) is 0 Å². The highest BCUT2D eigenvalue weighted by Crippen LogP contribution is 2.43. The van der Waals surface area contributed by atoms with Crippen LogP contribution in [0.15, 0.2) is 194 Å². The Morgan fingerprint density at radius 1 is 0.217 bits per heavy atom. The molecule has 0 saturated carbocycles. The standard InChI is InChI=1S/C29H37ClN2O4.C27H31Cl3N2O4.C27H33ClN2O4/c1-21-19-25(31(11-15-33)12-16-34)7-9-27(21)29(23-3-5-24(30)6-4-23)28-10-8-26(20-22(28)2)32(13-17-35)14-18-36;28-20-3-1-19(2-4-20)27(23-7-5-21(17-25(23)29)31(9-13-33)10-14-34)24-8-6-22(18-26(24)30)32(11-15-35)12-16-36;28-24-7-1-21(2-8-24)27(22-3-9-25(10-4-22)29(13-17-31)14-18-32)23-5-11-26(12-6-23)30(15-19-33)16-20-34/h3-10,19-20,29,33-36H,11-18H2,1-2H3;1-8,17-18,27,33-36H,9-16H2;1-12,27,31-34H,13-20H2. The topological polar surface area (TPSA) is 262 Å². The van der Waals surface area contributed by atoms with Crippen LogP contribution in [0.1, 0.15) is 79.0 Å². The molecule has 0 saturated heterocycles. The summed E-state index contributed by atoms with van der Waals surface area (Å²) in [5.74, 6) is -0.342. The van der Waals surface area contributed by atoms with Crippen molar-refractivity contribution < 1.29 is 61.3 Å². The Labute approximate surface area is 648 Å². The Kier molecular flexibility index (Phi) is 36.9. The van der Waals surface area contributed by atoms with Gasteiger partial charge in [0.15, 0.2) is 0 Å². The number of nitrogens with zero attached hydrogens (tertiary/aromatic N) is 6. The summed E-state index contributed by atoms with van der Waals surface area (Å²) < 4.78 is 0. The predicted molar refractivity (Wildman–Crippen MR) is 434 cm³/mol. The zero-order valence-electron chi connectivity index (χ0n) is 60.1. The van der Waals surface area contributed by atoms with Gasteiger partial charge in [-0.05, 0) is 184 Å². The molecule has 0 unspecified atom stereocenters. The largest absolute Gasteiger partial charge is 0.395 e. The molecule has 0 radical (unpaired) electrons. The monoisotopic (exact) mass is 1550 g/mol. The Morgan fingerprint density at radius 2 is 0.396 bits per heavy atom. The summed E-state index contributed by atoms with van der Waals surface area (Å²) in [6, 6.07) is 63.6. The van der Waals surface area contributed by atoms with Gasteiger partial charge in [0.2, 0.25) is 0 Å². The van der Waals surface area contributed by atoms with Crippen molar-refractivity contribution in [2.45, 2.75) is 31.6 Å². The van der Waals surface area contributed by atoms with Crippen molar-refractivity contribution in [3.05, 3.63) is 280 Å². The van der Waals surface area contributed by atoms with Crippen molar-refractivity contribution in [1.82, 2.24) is 0 Å². The fourth-order valence-corrected chi connectivity index (χ4v) is 14.2. The summed E-state index contributed by atoms with van der Waals surface area (Å²) in [6.07, 6.45) is 0. The first-order valence-corrected chi connectivity index (χ1v) is 37.4. The van der Waals surface area contributed by atoms with Gasteiger partial charge in [-0.3, -0.25) is 0 Å². The van der Waals surface area contributed by atoms with E-state index in [0.717, 1.165) is 95.3 Å². The zero-order chi connectivity index (χ0) is 76.5. The lowest BCUT2D eigenvalue weighted by atomic mass is 9.81. The predicted octanol–water partition coefficient (Wildman–Crippen LogP) is 11.2. The second kappa shape index (κ2) is 45.5. The SMILES string of the molecule is Cc1cc(N(CCO)CCO)ccc1C(c1ccc(Cl)cc1)c1ccc(N(CCO)CCO)cc1C.OCCN(CCO)c1ccc(C(c2ccc(Cl)cc2)c2ccc(N(CCO)CCO)cc2)cc1.OCCN(CCO)c1ccc(C(c2ccc(Cl)cc2)c2ccc(N(CCO)CCO)cc2Cl)c(Cl)c1. The molecule has 106 heavy (non-hydrogen) atoms. The van der Waals surface area contributed by atoms with Crippen molar-refractivity contribution in [2.75, 3.05) is 187 Å². The molecule has 9 aromatic rings. The fraction of sp³-hybridized carbons (Fsp3) is 0.349. The van der Waals surface area contributed by atoms with Gasteiger partial charge in [0, 0.05) is 156 Å². The lowest BCUT2D eigenvalue weighted by molar-refractivity contribution is 0.280. The van der Waals surface area contributed by atoms with Gasteiger partial charge in [0.05, 0.1) is 79.3 Å². The van der Waals surface area contributed by atoms with Crippen LogP contribution in [-0.4, -0.2) is 219 Å². The molecule has 18 nitrogen and oxygen atoms in total. The number of aliphatic hydroxyl groups is 12. The molecular weight excluding hydrogens is 1450 g/mol. The Bertz CT molecular complexity index is 3620. The first-order valence-electron chi connectivity index (χ1n) is 35.5. The first kappa shape index (κ1) is 86.0. The van der Waals surface area contributed by atoms with E-state index in [1.165, 1.54) is 0 Å². The van der Waals surface area contributed by atoms with Gasteiger partial charge >= 0.3 is 0 Å². The molecule has 0 spiro atoms. The van der Waals surface area contributed by atoms with Crippen LogP contribution in [0, 0.1) is 13.8 Å². The second-order valence-corrected chi connectivity index (χ2v) is 27.4. The van der Waals surface area contributed by atoms with E-state index in [2.05, 4.69) is 74.5 Å². The maximum Gasteiger partial charge on any atom is 0.0606 e. The van der Waals surface area contributed by atoms with E-state index < -0.39 is 0 Å². The molecule has 9 rings (SSSR count). The van der Waals surface area contributed by atoms with Crippen LogP contribution in [-0.2, 0) is 0 Å². The second-order valence-electron chi connectivity index (χ2n) is 25.2. The summed E-state index contributed by atoms with van der Waals surface area (Å²) in [5.41, 5.74) is 17.0. The van der Waals surface area contributed by atoms with Crippen LogP contribution >= 0.6 is 58.0 Å². The van der Waals surface area contributed by atoms with E-state index in [0.29, 0.717) is 104 Å². The number of aliphatic hydroxyl groups excluding tert-OH is 12. The van der Waals surface area contributed by atoms with Gasteiger partial charge in [-0.2, -0.15) is 0 Å². The minimum absolute atomic E-state index is 0.0172. The highest BCUT2D eigenvalue weighted by atomic mass is 35.5. The van der Waals surface area contributed by atoms with Crippen LogP contribution in [0.25, 0.3) is 0 Å². The van der Waals surface area contributed by atoms with Crippen LogP contribution < -0.4 is 29.4 Å². The number of rotatable bonds is 39. The summed E-state index contributed by atoms with van der Waals surface area (Å²) in [7, 11) is 0. The van der Waals surface area contributed by atoms with Crippen LogP contribution in [0.3, 0.4) is 0 Å². The minimum Gasteiger partial charge on any atom is -0.395 e. The van der Waals surface area contributed by atoms with E-state index in [4.69, 9.17) is 58.0 Å². The summed E-state index contributed by atoms with van der Waals surface area (Å²) in [4.78, 5) is 11.6. The average molecular weight is 1550 g/mol. The van der Waals surface area contributed by atoms with Crippen molar-refractivity contribution in [3.63, 3.8) is 0 Å². The third kappa shape index (κ3) is 24.4. The van der Waals surface area contributed by atoms with Crippen molar-refractivity contribution in [1.29, 1.82) is 0 Å². The summed E-state index contributed by atoms with van der Waals surface area (Å²) >= 11 is 32.2. The molecule has 0 aliphatic heterocycles. The van der Waals surface area contributed by atoms with E-state index in [1.807, 2.05) is 163 Å². The first-order chi connectivity index (χ1) is 51.5. The maximum absolute atomic E-state index is 9.45. The highest BCUT2D eigenvalue weighted by molar-refractivity contribution is 6.33. The van der Waals surface area contributed by atoms with Crippen LogP contribution in [0.2, 0.25) is 25.1 Å². The van der Waals surface area contributed by atoms with Crippen LogP contribution in [0.4, 0.5) is 34.1 Å². The fourth-order valence-electron chi connectivity index (χ4n) is 13.3. The number of hydrogen-bond donors (Lipinski definition) is 12. The molecule has 570 valence electrons. The van der Waals surface area contributed by atoms with E-state index in [-0.39, 0.29) is 97.0 Å². The molecule has 0 heterocycles. The molecular formula is C83H101Cl5N6O12. The number of aryl methyl sites for hydroxylation is 2. The average Bonchev–Trinajstić information content (AvgIpc) is 0.790. The molecule has 0 atom stereocenters. The van der Waals surface area contributed by atoms with Gasteiger partial charge in [-0.15, -0.1) is 0 Å². The number of benzene rings is 9. The molecule has 0 aliphatic carbocycles. The lowest BCUT2D eigenvalue weighted by Crippen LogP contribution is -2.29. The van der Waals surface area contributed by atoms with Gasteiger partial charge in [0.25, 0.3) is 0 Å². The van der Waals surface area contributed by atoms with Crippen molar-refractivity contribution >= 4 is 92.1 Å². The summed E-state index contributed by atoms with van der Waals surface area (Å²) in [5, 5.41) is 116. The highest BCUT2D eigenvalue weighted by Gasteiger charge is 2.27. The normalized spacial score (nSPS) is 11.2. The summed E-state index contributed by atoms with van der Waals surface area (Å²) in [6.45, 7) is 9.32. The van der Waals surface area contributed by atoms with Crippen LogP contribution in [0.5, 0.6) is 0 Å². The molecule has 9 aromatic carbocycles. The Hall–Kier alpha value is -7.25. The molecule has 0 aliphatic rings. The molecule has 23 heteroatoms. The van der Waals surface area contributed by atoms with E-state index in [1.54, 1.807) is 0 Å². The third-order valence-corrected chi connectivity index (χ3v) is 19.8. The Balaban J connectivity index is 0.000000222. The Morgan fingerprint density at radius 3 is 0.613 bits per heavy atom. The van der Waals surface area contributed by atoms with Gasteiger partial charge < -0.3 is 90.7 Å².